The molecular weight excluding hydrogens is 212 g/mol. The molecule has 0 rings (SSSR count). The van der Waals surface area contributed by atoms with E-state index < -0.39 is 24.0 Å². The third kappa shape index (κ3) is 5.79. The van der Waals surface area contributed by atoms with Gasteiger partial charge < -0.3 is 10.1 Å². The molecule has 0 bridgehead atoms. The summed E-state index contributed by atoms with van der Waals surface area (Å²) in [5.74, 6) is -1.28. The smallest absolute Gasteiger partial charge is 0.331 e. The predicted octanol–water partition coefficient (Wildman–Crippen LogP) is 0.340. The van der Waals surface area contributed by atoms with E-state index >= 15 is 0 Å². The zero-order chi connectivity index (χ0) is 12.7. The number of carbonyl (C=O) groups excluding carboxylic acids is 3. The average Bonchev–Trinajstić information content (AvgIpc) is 2.15. The molecule has 0 aliphatic carbocycles. The van der Waals surface area contributed by atoms with Gasteiger partial charge in [0.25, 0.3) is 5.91 Å². The van der Waals surface area contributed by atoms with Crippen LogP contribution in [0.15, 0.2) is 11.6 Å². The van der Waals surface area contributed by atoms with E-state index in [4.69, 9.17) is 4.74 Å². The van der Waals surface area contributed by atoms with Gasteiger partial charge in [-0.25, -0.2) is 9.59 Å². The molecule has 0 aromatic heterocycles. The van der Waals surface area contributed by atoms with Crippen molar-refractivity contribution in [2.45, 2.75) is 26.9 Å². The molecule has 6 nitrogen and oxygen atoms in total. The van der Waals surface area contributed by atoms with E-state index in [1.54, 1.807) is 13.8 Å². The molecule has 1 atom stereocenters. The van der Waals surface area contributed by atoms with Crippen molar-refractivity contribution in [2.75, 3.05) is 7.05 Å². The Bertz CT molecular complexity index is 319. The maximum absolute atomic E-state index is 11.3. The number of hydrogen-bond donors (Lipinski definition) is 2. The molecule has 16 heavy (non-hydrogen) atoms. The number of esters is 1. The van der Waals surface area contributed by atoms with E-state index in [1.807, 2.05) is 5.32 Å². The summed E-state index contributed by atoms with van der Waals surface area (Å²) < 4.78 is 4.76. The molecule has 2 N–H and O–H groups in total. The maximum Gasteiger partial charge on any atom is 0.331 e. The van der Waals surface area contributed by atoms with Crippen molar-refractivity contribution in [3.63, 3.8) is 0 Å². The van der Waals surface area contributed by atoms with Crippen LogP contribution in [-0.2, 0) is 14.3 Å². The highest BCUT2D eigenvalue weighted by Crippen LogP contribution is 1.96. The van der Waals surface area contributed by atoms with Crippen molar-refractivity contribution in [1.29, 1.82) is 0 Å². The fourth-order valence-corrected chi connectivity index (χ4v) is 0.774. The van der Waals surface area contributed by atoms with Crippen molar-refractivity contribution >= 4 is 17.9 Å². The Labute approximate surface area is 94.0 Å². The summed E-state index contributed by atoms with van der Waals surface area (Å²) in [6.45, 7) is 4.85. The van der Waals surface area contributed by atoms with E-state index in [-0.39, 0.29) is 0 Å². The number of hydrogen-bond acceptors (Lipinski definition) is 4. The van der Waals surface area contributed by atoms with Crippen LogP contribution in [0.25, 0.3) is 0 Å². The number of carbonyl (C=O) groups is 3. The van der Waals surface area contributed by atoms with Crippen molar-refractivity contribution in [3.8, 4) is 0 Å². The monoisotopic (exact) mass is 228 g/mol. The Morgan fingerprint density at radius 3 is 2.25 bits per heavy atom. The number of rotatable bonds is 3. The van der Waals surface area contributed by atoms with Crippen LogP contribution in [0.5, 0.6) is 0 Å². The van der Waals surface area contributed by atoms with Crippen molar-refractivity contribution in [3.05, 3.63) is 11.6 Å². The van der Waals surface area contributed by atoms with E-state index in [9.17, 15) is 14.4 Å². The summed E-state index contributed by atoms with van der Waals surface area (Å²) in [7, 11) is 1.38. The zero-order valence-corrected chi connectivity index (χ0v) is 9.79. The molecular formula is C10H16N2O4. The van der Waals surface area contributed by atoms with E-state index in [1.165, 1.54) is 20.0 Å². The highest BCUT2D eigenvalue weighted by atomic mass is 16.5. The summed E-state index contributed by atoms with van der Waals surface area (Å²) >= 11 is 0. The second kappa shape index (κ2) is 6.60. The van der Waals surface area contributed by atoms with Crippen LogP contribution in [-0.4, -0.2) is 31.1 Å². The molecule has 0 aromatic rings. The van der Waals surface area contributed by atoms with Crippen LogP contribution >= 0.6 is 0 Å². The molecule has 0 radical (unpaired) electrons. The molecule has 0 saturated carbocycles. The lowest BCUT2D eigenvalue weighted by Crippen LogP contribution is -2.43. The van der Waals surface area contributed by atoms with Crippen molar-refractivity contribution in [1.82, 2.24) is 10.6 Å². The highest BCUT2D eigenvalue weighted by molar-refractivity contribution is 5.97. The molecule has 6 heteroatoms. The minimum atomic E-state index is -1.01. The van der Waals surface area contributed by atoms with Gasteiger partial charge in [-0.2, -0.15) is 0 Å². The number of nitrogens with one attached hydrogen (secondary N) is 2. The molecule has 3 amide bonds. The van der Waals surface area contributed by atoms with Gasteiger partial charge in [-0.1, -0.05) is 5.57 Å². The number of allylic oxidation sites excluding steroid dienone is 1. The van der Waals surface area contributed by atoms with Crippen LogP contribution in [0.2, 0.25) is 0 Å². The van der Waals surface area contributed by atoms with Gasteiger partial charge >= 0.3 is 12.0 Å². The van der Waals surface area contributed by atoms with E-state index in [0.29, 0.717) is 0 Å². The third-order valence-electron chi connectivity index (χ3n) is 1.53. The van der Waals surface area contributed by atoms with Crippen LogP contribution < -0.4 is 10.6 Å². The highest BCUT2D eigenvalue weighted by Gasteiger charge is 2.18. The Morgan fingerprint density at radius 2 is 1.81 bits per heavy atom. The lowest BCUT2D eigenvalue weighted by molar-refractivity contribution is -0.149. The molecule has 0 heterocycles. The maximum atomic E-state index is 11.3. The van der Waals surface area contributed by atoms with Crippen LogP contribution in [0.4, 0.5) is 4.79 Å². The predicted molar refractivity (Wildman–Crippen MR) is 57.6 cm³/mol. The first-order chi connectivity index (χ1) is 7.36. The first-order valence-corrected chi connectivity index (χ1v) is 4.75. The summed E-state index contributed by atoms with van der Waals surface area (Å²) in [5, 5.41) is 4.21. The standard InChI is InChI=1S/C10H16N2O4/c1-6(2)5-8(13)16-7(3)9(14)12-10(15)11-4/h5,7H,1-4H3,(H2,11,12,14,15)/t7-/m1/s1. The van der Waals surface area contributed by atoms with Gasteiger partial charge in [0.1, 0.15) is 0 Å². The Balaban J connectivity index is 4.21. The zero-order valence-electron chi connectivity index (χ0n) is 9.79. The molecule has 0 aromatic carbocycles. The molecule has 0 aliphatic heterocycles. The minimum absolute atomic E-state index is 0.612. The van der Waals surface area contributed by atoms with Gasteiger partial charge in [0.05, 0.1) is 0 Å². The Hall–Kier alpha value is -1.85. The molecule has 0 unspecified atom stereocenters. The van der Waals surface area contributed by atoms with Gasteiger partial charge in [-0.3, -0.25) is 10.1 Å². The van der Waals surface area contributed by atoms with Gasteiger partial charge in [0, 0.05) is 13.1 Å². The largest absolute Gasteiger partial charge is 0.449 e. The van der Waals surface area contributed by atoms with Crippen LogP contribution in [0.3, 0.4) is 0 Å². The topological polar surface area (TPSA) is 84.5 Å². The molecule has 0 aliphatic rings. The lowest BCUT2D eigenvalue weighted by Gasteiger charge is -2.11. The van der Waals surface area contributed by atoms with Crippen LogP contribution in [0, 0.1) is 0 Å². The van der Waals surface area contributed by atoms with Crippen molar-refractivity contribution < 1.29 is 19.1 Å². The van der Waals surface area contributed by atoms with Gasteiger partial charge in [0.2, 0.25) is 0 Å². The fourth-order valence-electron chi connectivity index (χ4n) is 0.774. The van der Waals surface area contributed by atoms with Crippen LogP contribution in [0.1, 0.15) is 20.8 Å². The van der Waals surface area contributed by atoms with Gasteiger partial charge in [-0.05, 0) is 20.8 Å². The normalized spacial score (nSPS) is 11.0. The quantitative estimate of drug-likeness (QED) is 0.539. The summed E-state index contributed by atoms with van der Waals surface area (Å²) in [5.41, 5.74) is 0.768. The van der Waals surface area contributed by atoms with Gasteiger partial charge in [0.15, 0.2) is 6.10 Å². The number of imide groups is 1. The molecule has 0 spiro atoms. The molecule has 0 saturated heterocycles. The average molecular weight is 228 g/mol. The summed E-state index contributed by atoms with van der Waals surface area (Å²) in [6, 6.07) is -0.643. The molecule has 90 valence electrons. The first-order valence-electron chi connectivity index (χ1n) is 4.75. The summed E-state index contributed by atoms with van der Waals surface area (Å²) in [6.07, 6.45) is 0.254. The second-order valence-electron chi connectivity index (χ2n) is 3.37. The number of ether oxygens (including phenoxy) is 1. The Kier molecular flexibility index (Phi) is 5.84. The SMILES string of the molecule is CNC(=O)NC(=O)[C@@H](C)OC(=O)C=C(C)C. The van der Waals surface area contributed by atoms with Gasteiger partial charge in [-0.15, -0.1) is 0 Å². The number of amides is 3. The second-order valence-corrected chi connectivity index (χ2v) is 3.37. The van der Waals surface area contributed by atoms with E-state index in [2.05, 4.69) is 5.32 Å². The Morgan fingerprint density at radius 1 is 1.25 bits per heavy atom. The lowest BCUT2D eigenvalue weighted by atomic mass is 10.3. The molecule has 0 fully saturated rings. The first kappa shape index (κ1) is 14.2. The third-order valence-corrected chi connectivity index (χ3v) is 1.53. The van der Waals surface area contributed by atoms with E-state index in [0.717, 1.165) is 5.57 Å². The van der Waals surface area contributed by atoms with Crippen molar-refractivity contribution in [2.24, 2.45) is 0 Å². The summed E-state index contributed by atoms with van der Waals surface area (Å²) in [4.78, 5) is 33.2. The minimum Gasteiger partial charge on any atom is -0.449 e. The fraction of sp³-hybridized carbons (Fsp3) is 0.500. The number of urea groups is 1.